The fourth-order valence-corrected chi connectivity index (χ4v) is 4.71. The maximum atomic E-state index is 12.8. The summed E-state index contributed by atoms with van der Waals surface area (Å²) in [5, 5.41) is 2.89. The first-order chi connectivity index (χ1) is 14.2. The molecule has 2 aromatic rings. The van der Waals surface area contributed by atoms with Gasteiger partial charge in [0.25, 0.3) is 15.9 Å². The highest BCUT2D eigenvalue weighted by Gasteiger charge is 2.25. The number of hydrogen-bond donors (Lipinski definition) is 1. The molecular formula is C22H27N3O4S. The molecule has 0 unspecified atom stereocenters. The van der Waals surface area contributed by atoms with Crippen molar-refractivity contribution < 1.29 is 18.0 Å². The number of sulfonamides is 1. The molecule has 0 aromatic heterocycles. The average molecular weight is 430 g/mol. The number of amides is 2. The van der Waals surface area contributed by atoms with Crippen LogP contribution in [0.2, 0.25) is 0 Å². The van der Waals surface area contributed by atoms with Gasteiger partial charge in [0.15, 0.2) is 0 Å². The highest BCUT2D eigenvalue weighted by molar-refractivity contribution is 7.92. The predicted octanol–water partition coefficient (Wildman–Crippen LogP) is 2.56. The fourth-order valence-electron chi connectivity index (χ4n) is 3.52. The van der Waals surface area contributed by atoms with Gasteiger partial charge in [-0.15, -0.1) is 0 Å². The van der Waals surface area contributed by atoms with E-state index in [1.165, 1.54) is 18.3 Å². The Morgan fingerprint density at radius 2 is 1.57 bits per heavy atom. The number of likely N-dealkylation sites (tertiary alicyclic amines) is 1. The first kappa shape index (κ1) is 21.8. The Morgan fingerprint density at radius 3 is 2.10 bits per heavy atom. The summed E-state index contributed by atoms with van der Waals surface area (Å²) >= 11 is 0. The summed E-state index contributed by atoms with van der Waals surface area (Å²) in [4.78, 5) is 25.9. The van der Waals surface area contributed by atoms with E-state index in [9.17, 15) is 18.0 Å². The molecule has 3 rings (SSSR count). The molecule has 0 aliphatic carbocycles. The molecule has 0 saturated carbocycles. The van der Waals surface area contributed by atoms with Gasteiger partial charge in [-0.1, -0.05) is 17.7 Å². The molecule has 30 heavy (non-hydrogen) atoms. The van der Waals surface area contributed by atoms with Crippen LogP contribution in [0.1, 0.15) is 35.7 Å². The van der Waals surface area contributed by atoms with E-state index in [1.807, 2.05) is 6.92 Å². The van der Waals surface area contributed by atoms with E-state index in [2.05, 4.69) is 5.32 Å². The molecule has 1 heterocycles. The molecule has 160 valence electrons. The highest BCUT2D eigenvalue weighted by atomic mass is 32.2. The molecule has 8 heteroatoms. The number of carbonyl (C=O) groups is 2. The molecule has 1 N–H and O–H groups in total. The molecule has 0 spiro atoms. The molecule has 0 atom stereocenters. The lowest BCUT2D eigenvalue weighted by Crippen LogP contribution is -2.46. The van der Waals surface area contributed by atoms with Crippen molar-refractivity contribution in [2.75, 3.05) is 24.4 Å². The van der Waals surface area contributed by atoms with Crippen LogP contribution in [-0.4, -0.2) is 51.3 Å². The van der Waals surface area contributed by atoms with Crippen LogP contribution in [0.25, 0.3) is 0 Å². The van der Waals surface area contributed by atoms with Crippen molar-refractivity contribution in [2.45, 2.75) is 37.6 Å². The third kappa shape index (κ3) is 4.81. The van der Waals surface area contributed by atoms with Gasteiger partial charge in [-0.05, 0) is 56.2 Å². The molecule has 2 amide bonds. The summed E-state index contributed by atoms with van der Waals surface area (Å²) in [5.41, 5.74) is 1.98. The summed E-state index contributed by atoms with van der Waals surface area (Å²) in [6.07, 6.45) is 1.45. The number of hydrogen-bond acceptors (Lipinski definition) is 4. The van der Waals surface area contributed by atoms with E-state index >= 15 is 0 Å². The number of rotatable bonds is 5. The Labute approximate surface area is 177 Å². The van der Waals surface area contributed by atoms with E-state index in [0.717, 1.165) is 18.4 Å². The smallest absolute Gasteiger partial charge is 0.264 e. The van der Waals surface area contributed by atoms with Crippen molar-refractivity contribution >= 4 is 27.5 Å². The van der Waals surface area contributed by atoms with Crippen LogP contribution in [0.15, 0.2) is 53.4 Å². The first-order valence-electron chi connectivity index (χ1n) is 9.90. The van der Waals surface area contributed by atoms with Gasteiger partial charge in [0.1, 0.15) is 0 Å². The van der Waals surface area contributed by atoms with Crippen molar-refractivity contribution in [3.05, 3.63) is 59.7 Å². The molecule has 2 aromatic carbocycles. The SMILES string of the molecule is CC(=O)NC1CCN(C(=O)c2ccc(N(C)S(=O)(=O)c3ccc(C)cc3)cc2)CC1. The zero-order valence-electron chi connectivity index (χ0n) is 17.5. The Hall–Kier alpha value is -2.87. The molecule has 1 aliphatic heterocycles. The molecule has 0 bridgehead atoms. The summed E-state index contributed by atoms with van der Waals surface area (Å²) < 4.78 is 26.9. The quantitative estimate of drug-likeness (QED) is 0.791. The third-order valence-electron chi connectivity index (χ3n) is 5.35. The van der Waals surface area contributed by atoms with Gasteiger partial charge >= 0.3 is 0 Å². The monoisotopic (exact) mass is 429 g/mol. The van der Waals surface area contributed by atoms with Crippen LogP contribution < -0.4 is 9.62 Å². The summed E-state index contributed by atoms with van der Waals surface area (Å²) in [6, 6.07) is 13.4. The number of piperidine rings is 1. The maximum Gasteiger partial charge on any atom is 0.264 e. The topological polar surface area (TPSA) is 86.8 Å². The number of anilines is 1. The Balaban J connectivity index is 1.68. The molecule has 0 radical (unpaired) electrons. The molecule has 7 nitrogen and oxygen atoms in total. The van der Waals surface area contributed by atoms with Crippen LogP contribution >= 0.6 is 0 Å². The van der Waals surface area contributed by atoms with Gasteiger partial charge in [0, 0.05) is 38.7 Å². The van der Waals surface area contributed by atoms with Gasteiger partial charge in [-0.25, -0.2) is 8.42 Å². The van der Waals surface area contributed by atoms with E-state index in [1.54, 1.807) is 53.4 Å². The predicted molar refractivity (Wildman–Crippen MR) is 116 cm³/mol. The number of nitrogens with zero attached hydrogens (tertiary/aromatic N) is 2. The lowest BCUT2D eigenvalue weighted by Gasteiger charge is -2.32. The fraction of sp³-hybridized carbons (Fsp3) is 0.364. The second-order valence-corrected chi connectivity index (χ2v) is 9.57. The summed E-state index contributed by atoms with van der Waals surface area (Å²) in [5.74, 6) is -0.146. The van der Waals surface area contributed by atoms with Crippen molar-refractivity contribution in [3.8, 4) is 0 Å². The van der Waals surface area contributed by atoms with E-state index in [4.69, 9.17) is 0 Å². The Bertz CT molecular complexity index is 1010. The second kappa shape index (κ2) is 8.87. The van der Waals surface area contributed by atoms with Gasteiger partial charge in [0.2, 0.25) is 5.91 Å². The Morgan fingerprint density at radius 1 is 1.00 bits per heavy atom. The van der Waals surface area contributed by atoms with Gasteiger partial charge in [-0.3, -0.25) is 13.9 Å². The number of carbonyl (C=O) groups excluding carboxylic acids is 2. The Kier molecular flexibility index (Phi) is 6.45. The first-order valence-corrected chi connectivity index (χ1v) is 11.3. The number of nitrogens with one attached hydrogen (secondary N) is 1. The van der Waals surface area contributed by atoms with Crippen LogP contribution in [0.5, 0.6) is 0 Å². The maximum absolute atomic E-state index is 12.8. The molecular weight excluding hydrogens is 402 g/mol. The lowest BCUT2D eigenvalue weighted by atomic mass is 10.0. The van der Waals surface area contributed by atoms with Crippen LogP contribution in [-0.2, 0) is 14.8 Å². The molecule has 1 fully saturated rings. The zero-order chi connectivity index (χ0) is 21.9. The van der Waals surface area contributed by atoms with Crippen molar-refractivity contribution in [1.29, 1.82) is 0 Å². The third-order valence-corrected chi connectivity index (χ3v) is 7.15. The van der Waals surface area contributed by atoms with Gasteiger partial charge in [0.05, 0.1) is 10.6 Å². The van der Waals surface area contributed by atoms with E-state index in [0.29, 0.717) is 24.3 Å². The van der Waals surface area contributed by atoms with Gasteiger partial charge < -0.3 is 10.2 Å². The van der Waals surface area contributed by atoms with Crippen molar-refractivity contribution in [3.63, 3.8) is 0 Å². The number of benzene rings is 2. The number of aryl methyl sites for hydroxylation is 1. The zero-order valence-corrected chi connectivity index (χ0v) is 18.3. The second-order valence-electron chi connectivity index (χ2n) is 7.60. The molecule has 1 saturated heterocycles. The van der Waals surface area contributed by atoms with E-state index in [-0.39, 0.29) is 22.8 Å². The van der Waals surface area contributed by atoms with Gasteiger partial charge in [-0.2, -0.15) is 0 Å². The molecule has 1 aliphatic rings. The highest BCUT2D eigenvalue weighted by Crippen LogP contribution is 2.23. The standard InChI is InChI=1S/C22H27N3O4S/c1-16-4-10-21(11-5-16)30(28,29)24(3)20-8-6-18(7-9-20)22(27)25-14-12-19(13-15-25)23-17(2)26/h4-11,19H,12-15H2,1-3H3,(H,23,26). The van der Waals surface area contributed by atoms with Crippen molar-refractivity contribution in [1.82, 2.24) is 10.2 Å². The average Bonchev–Trinajstić information content (AvgIpc) is 2.73. The van der Waals surface area contributed by atoms with Crippen LogP contribution in [0.3, 0.4) is 0 Å². The summed E-state index contributed by atoms with van der Waals surface area (Å²) in [7, 11) is -2.18. The normalized spacial score (nSPS) is 15.0. The minimum Gasteiger partial charge on any atom is -0.353 e. The minimum absolute atomic E-state index is 0.0555. The van der Waals surface area contributed by atoms with Crippen molar-refractivity contribution in [2.24, 2.45) is 0 Å². The minimum atomic E-state index is -3.68. The van der Waals surface area contributed by atoms with E-state index < -0.39 is 10.0 Å². The van der Waals surface area contributed by atoms with Crippen LogP contribution in [0, 0.1) is 6.92 Å². The summed E-state index contributed by atoms with van der Waals surface area (Å²) in [6.45, 7) is 4.55. The largest absolute Gasteiger partial charge is 0.353 e. The lowest BCUT2D eigenvalue weighted by molar-refractivity contribution is -0.119. The van der Waals surface area contributed by atoms with Crippen LogP contribution in [0.4, 0.5) is 5.69 Å².